The van der Waals surface area contributed by atoms with Gasteiger partial charge in [0, 0.05) is 24.4 Å². The Balaban J connectivity index is 1.52. The van der Waals surface area contributed by atoms with Crippen LogP contribution in [0.4, 0.5) is 0 Å². The molecule has 1 aliphatic carbocycles. The average Bonchev–Trinajstić information content (AvgIpc) is 3.30. The number of carbonyl (C=O) groups excluding carboxylic acids is 2. The highest BCUT2D eigenvalue weighted by molar-refractivity contribution is 5.97. The van der Waals surface area contributed by atoms with Gasteiger partial charge < -0.3 is 20.1 Å². The molecule has 0 aliphatic heterocycles. The lowest BCUT2D eigenvalue weighted by molar-refractivity contribution is -0.124. The molecule has 1 aromatic carbocycles. The molecule has 1 aromatic heterocycles. The molecular weight excluding hydrogens is 406 g/mol. The van der Waals surface area contributed by atoms with E-state index in [-0.39, 0.29) is 23.8 Å². The minimum Gasteiger partial charge on any atom is -0.494 e. The predicted molar refractivity (Wildman–Crippen MR) is 123 cm³/mol. The van der Waals surface area contributed by atoms with E-state index in [0.29, 0.717) is 30.3 Å². The fourth-order valence-corrected chi connectivity index (χ4v) is 3.69. The second kappa shape index (κ2) is 11.5. The van der Waals surface area contributed by atoms with Crippen LogP contribution in [0, 0.1) is 5.92 Å². The van der Waals surface area contributed by atoms with Crippen LogP contribution >= 0.6 is 0 Å². The van der Waals surface area contributed by atoms with E-state index in [2.05, 4.69) is 15.6 Å². The summed E-state index contributed by atoms with van der Waals surface area (Å²) in [6.07, 6.45) is 6.56. The molecule has 0 saturated heterocycles. The molecule has 7 heteroatoms. The first-order valence-corrected chi connectivity index (χ1v) is 11.4. The normalized spacial score (nSPS) is 14.8. The van der Waals surface area contributed by atoms with E-state index in [4.69, 9.17) is 9.47 Å². The van der Waals surface area contributed by atoms with Crippen LogP contribution in [0.3, 0.4) is 0 Å². The quantitative estimate of drug-likeness (QED) is 0.587. The van der Waals surface area contributed by atoms with Crippen molar-refractivity contribution in [2.45, 2.75) is 65.1 Å². The van der Waals surface area contributed by atoms with Crippen molar-refractivity contribution in [3.8, 4) is 11.6 Å². The second-order valence-electron chi connectivity index (χ2n) is 8.40. The van der Waals surface area contributed by atoms with Crippen LogP contribution in [-0.2, 0) is 11.3 Å². The number of hydrogen-bond donors (Lipinski definition) is 2. The van der Waals surface area contributed by atoms with Crippen molar-refractivity contribution in [3.05, 3.63) is 53.7 Å². The van der Waals surface area contributed by atoms with Gasteiger partial charge in [0.25, 0.3) is 5.91 Å². The first-order valence-electron chi connectivity index (χ1n) is 11.4. The Morgan fingerprint density at radius 2 is 1.81 bits per heavy atom. The lowest BCUT2D eigenvalue weighted by Crippen LogP contribution is -2.49. The van der Waals surface area contributed by atoms with E-state index in [1.54, 1.807) is 30.5 Å². The maximum absolute atomic E-state index is 12.8. The van der Waals surface area contributed by atoms with Crippen molar-refractivity contribution >= 4 is 11.8 Å². The topological polar surface area (TPSA) is 89.5 Å². The fourth-order valence-electron chi connectivity index (χ4n) is 3.69. The Morgan fingerprint density at radius 1 is 1.09 bits per heavy atom. The summed E-state index contributed by atoms with van der Waals surface area (Å²) in [5.41, 5.74) is 1.35. The van der Waals surface area contributed by atoms with Gasteiger partial charge in [-0.1, -0.05) is 19.9 Å². The molecule has 32 heavy (non-hydrogen) atoms. The van der Waals surface area contributed by atoms with Crippen LogP contribution in [0.15, 0.2) is 42.6 Å². The van der Waals surface area contributed by atoms with Crippen molar-refractivity contribution in [1.82, 2.24) is 15.6 Å². The van der Waals surface area contributed by atoms with E-state index >= 15 is 0 Å². The number of aromatic nitrogens is 1. The number of pyridine rings is 1. The van der Waals surface area contributed by atoms with E-state index in [1.807, 2.05) is 32.9 Å². The fraction of sp³-hybridized carbons (Fsp3) is 0.480. The molecule has 1 unspecified atom stereocenters. The van der Waals surface area contributed by atoms with Gasteiger partial charge in [-0.25, -0.2) is 4.98 Å². The number of amides is 2. The molecule has 7 nitrogen and oxygen atoms in total. The SMILES string of the molecule is CCOc1ccc(C(=O)NC(C(=O)NCc2ccc(OC3CCCC3)nc2)C(C)C)cc1. The van der Waals surface area contributed by atoms with Crippen LogP contribution < -0.4 is 20.1 Å². The number of carbonyl (C=O) groups is 2. The first kappa shape index (κ1) is 23.6. The van der Waals surface area contributed by atoms with Gasteiger partial charge in [0.15, 0.2) is 0 Å². The summed E-state index contributed by atoms with van der Waals surface area (Å²) in [4.78, 5) is 29.8. The first-order chi connectivity index (χ1) is 15.5. The lowest BCUT2D eigenvalue weighted by Gasteiger charge is -2.22. The number of hydrogen-bond acceptors (Lipinski definition) is 5. The molecule has 2 N–H and O–H groups in total. The minimum atomic E-state index is -0.646. The van der Waals surface area contributed by atoms with E-state index < -0.39 is 6.04 Å². The van der Waals surface area contributed by atoms with E-state index in [1.165, 1.54) is 12.8 Å². The summed E-state index contributed by atoms with van der Waals surface area (Å²) in [6.45, 7) is 6.60. The van der Waals surface area contributed by atoms with Crippen LogP contribution in [-0.4, -0.2) is 35.6 Å². The van der Waals surface area contributed by atoms with E-state index in [9.17, 15) is 9.59 Å². The van der Waals surface area contributed by atoms with Gasteiger partial charge in [0.2, 0.25) is 11.8 Å². The van der Waals surface area contributed by atoms with Crippen molar-refractivity contribution in [1.29, 1.82) is 0 Å². The molecule has 3 rings (SSSR count). The number of ether oxygens (including phenoxy) is 2. The van der Waals surface area contributed by atoms with Gasteiger partial charge in [0.1, 0.15) is 17.9 Å². The highest BCUT2D eigenvalue weighted by Gasteiger charge is 2.24. The minimum absolute atomic E-state index is 0.0676. The van der Waals surface area contributed by atoms with Gasteiger partial charge in [-0.05, 0) is 68.4 Å². The molecule has 1 atom stereocenters. The summed E-state index contributed by atoms with van der Waals surface area (Å²) >= 11 is 0. The third-order valence-electron chi connectivity index (χ3n) is 5.52. The molecule has 172 valence electrons. The maximum atomic E-state index is 12.8. The smallest absolute Gasteiger partial charge is 0.251 e. The van der Waals surface area contributed by atoms with E-state index in [0.717, 1.165) is 18.4 Å². The molecule has 2 amide bonds. The molecule has 2 aromatic rings. The van der Waals surface area contributed by atoms with Gasteiger partial charge in [0.05, 0.1) is 6.61 Å². The highest BCUT2D eigenvalue weighted by Crippen LogP contribution is 2.22. The lowest BCUT2D eigenvalue weighted by atomic mass is 10.0. The van der Waals surface area contributed by atoms with Crippen molar-refractivity contribution in [3.63, 3.8) is 0 Å². The number of nitrogens with one attached hydrogen (secondary N) is 2. The largest absolute Gasteiger partial charge is 0.494 e. The molecule has 1 heterocycles. The Labute approximate surface area is 189 Å². The molecule has 1 aliphatic rings. The molecule has 0 spiro atoms. The summed E-state index contributed by atoms with van der Waals surface area (Å²) < 4.78 is 11.3. The summed E-state index contributed by atoms with van der Waals surface area (Å²) in [6, 6.07) is 9.97. The van der Waals surface area contributed by atoms with Crippen LogP contribution in [0.1, 0.15) is 62.4 Å². The van der Waals surface area contributed by atoms with Gasteiger partial charge >= 0.3 is 0 Å². The standard InChI is InChI=1S/C25H33N3O4/c1-4-31-20-12-10-19(11-13-20)24(29)28-23(17(2)3)25(30)27-16-18-9-14-22(26-15-18)32-21-7-5-6-8-21/h9-15,17,21,23H,4-8,16H2,1-3H3,(H,27,30)(H,28,29). The molecule has 0 bridgehead atoms. The highest BCUT2D eigenvalue weighted by atomic mass is 16.5. The third-order valence-corrected chi connectivity index (χ3v) is 5.52. The number of benzene rings is 1. The number of nitrogens with zero attached hydrogens (tertiary/aromatic N) is 1. The molecule has 0 radical (unpaired) electrons. The summed E-state index contributed by atoms with van der Waals surface area (Å²) in [5, 5.41) is 5.74. The van der Waals surface area contributed by atoms with Crippen molar-refractivity contribution in [2.24, 2.45) is 5.92 Å². The van der Waals surface area contributed by atoms with Gasteiger partial charge in [-0.2, -0.15) is 0 Å². The third kappa shape index (κ3) is 6.70. The summed E-state index contributed by atoms with van der Waals surface area (Å²) in [5.74, 6) is 0.731. The zero-order valence-electron chi connectivity index (χ0n) is 19.1. The molecule has 1 saturated carbocycles. The monoisotopic (exact) mass is 439 g/mol. The summed E-state index contributed by atoms with van der Waals surface area (Å²) in [7, 11) is 0. The van der Waals surface area contributed by atoms with Gasteiger partial charge in [-0.3, -0.25) is 9.59 Å². The second-order valence-corrected chi connectivity index (χ2v) is 8.40. The Kier molecular flexibility index (Phi) is 8.48. The Bertz CT molecular complexity index is 875. The van der Waals surface area contributed by atoms with Crippen LogP contribution in [0.2, 0.25) is 0 Å². The molecular formula is C25H33N3O4. The predicted octanol–water partition coefficient (Wildman–Crippen LogP) is 3.87. The zero-order chi connectivity index (χ0) is 22.9. The average molecular weight is 440 g/mol. The van der Waals surface area contributed by atoms with Crippen molar-refractivity contribution < 1.29 is 19.1 Å². The van der Waals surface area contributed by atoms with Crippen molar-refractivity contribution in [2.75, 3.05) is 6.61 Å². The van der Waals surface area contributed by atoms with Gasteiger partial charge in [-0.15, -0.1) is 0 Å². The maximum Gasteiger partial charge on any atom is 0.251 e. The van der Waals surface area contributed by atoms with Crippen LogP contribution in [0.25, 0.3) is 0 Å². The Morgan fingerprint density at radius 3 is 2.41 bits per heavy atom. The molecule has 1 fully saturated rings. The van der Waals surface area contributed by atoms with Crippen LogP contribution in [0.5, 0.6) is 11.6 Å². The zero-order valence-corrected chi connectivity index (χ0v) is 19.1. The number of rotatable bonds is 10. The Hall–Kier alpha value is -3.09.